The molecule has 0 saturated heterocycles. The van der Waals surface area contributed by atoms with Gasteiger partial charge in [0.2, 0.25) is 5.91 Å². The van der Waals surface area contributed by atoms with Crippen LogP contribution < -0.4 is 11.1 Å². The SMILES string of the molecule is Cc1ccnc(SC(C)C(=O)Nc2ccc(F)c(N)c2)n1. The number of carbonyl (C=O) groups is 1. The van der Waals surface area contributed by atoms with Crippen molar-refractivity contribution in [2.24, 2.45) is 0 Å². The van der Waals surface area contributed by atoms with Gasteiger partial charge in [0, 0.05) is 17.6 Å². The third kappa shape index (κ3) is 4.16. The molecule has 1 aromatic heterocycles. The quantitative estimate of drug-likeness (QED) is 0.515. The van der Waals surface area contributed by atoms with Gasteiger partial charge in [0.05, 0.1) is 10.9 Å². The Hall–Kier alpha value is -2.15. The number of nitrogens with two attached hydrogens (primary N) is 1. The molecule has 110 valence electrons. The number of anilines is 2. The average molecular weight is 306 g/mol. The molecule has 1 amide bonds. The fraction of sp³-hybridized carbons (Fsp3) is 0.214. The van der Waals surface area contributed by atoms with E-state index in [0.717, 1.165) is 5.69 Å². The zero-order valence-corrected chi connectivity index (χ0v) is 12.4. The lowest BCUT2D eigenvalue weighted by Gasteiger charge is -2.11. The molecule has 1 aromatic carbocycles. The summed E-state index contributed by atoms with van der Waals surface area (Å²) in [5.74, 6) is -0.736. The zero-order chi connectivity index (χ0) is 15.4. The van der Waals surface area contributed by atoms with Crippen molar-refractivity contribution >= 4 is 29.0 Å². The molecule has 0 fully saturated rings. The standard InChI is InChI=1S/C14H15FN4OS/c1-8-5-6-17-14(18-8)21-9(2)13(20)19-10-3-4-11(15)12(16)7-10/h3-7,9H,16H2,1-2H3,(H,19,20). The predicted molar refractivity (Wildman–Crippen MR) is 81.5 cm³/mol. The van der Waals surface area contributed by atoms with Crippen LogP contribution in [0.4, 0.5) is 15.8 Å². The van der Waals surface area contributed by atoms with Crippen LogP contribution in [0.3, 0.4) is 0 Å². The van der Waals surface area contributed by atoms with Crippen molar-refractivity contribution in [3.05, 3.63) is 42.0 Å². The van der Waals surface area contributed by atoms with Crippen LogP contribution in [-0.4, -0.2) is 21.1 Å². The molecule has 0 radical (unpaired) electrons. The van der Waals surface area contributed by atoms with E-state index < -0.39 is 11.1 Å². The molecule has 5 nitrogen and oxygen atoms in total. The highest BCUT2D eigenvalue weighted by Crippen LogP contribution is 2.22. The van der Waals surface area contributed by atoms with Crippen LogP contribution >= 0.6 is 11.8 Å². The lowest BCUT2D eigenvalue weighted by molar-refractivity contribution is -0.115. The lowest BCUT2D eigenvalue weighted by atomic mass is 10.2. The van der Waals surface area contributed by atoms with Gasteiger partial charge >= 0.3 is 0 Å². The van der Waals surface area contributed by atoms with Crippen molar-refractivity contribution in [1.29, 1.82) is 0 Å². The van der Waals surface area contributed by atoms with Gasteiger partial charge in [0.15, 0.2) is 5.16 Å². The molecule has 0 aliphatic rings. The maximum atomic E-state index is 13.1. The summed E-state index contributed by atoms with van der Waals surface area (Å²) in [7, 11) is 0. The van der Waals surface area contributed by atoms with E-state index in [0.29, 0.717) is 10.8 Å². The number of halogens is 1. The monoisotopic (exact) mass is 306 g/mol. The van der Waals surface area contributed by atoms with Crippen LogP contribution in [0.5, 0.6) is 0 Å². The third-order valence-corrected chi connectivity index (χ3v) is 3.66. The fourth-order valence-electron chi connectivity index (χ4n) is 1.56. The van der Waals surface area contributed by atoms with Gasteiger partial charge in [0.1, 0.15) is 5.82 Å². The number of nitrogen functional groups attached to an aromatic ring is 1. The van der Waals surface area contributed by atoms with Gasteiger partial charge in [0.25, 0.3) is 0 Å². The van der Waals surface area contributed by atoms with Crippen molar-refractivity contribution in [3.8, 4) is 0 Å². The lowest BCUT2D eigenvalue weighted by Crippen LogP contribution is -2.22. The third-order valence-electron chi connectivity index (χ3n) is 2.69. The van der Waals surface area contributed by atoms with Crippen molar-refractivity contribution in [2.45, 2.75) is 24.3 Å². The summed E-state index contributed by atoms with van der Waals surface area (Å²) in [5, 5.41) is 2.83. The molecule has 0 saturated carbocycles. The molecule has 2 aromatic rings. The van der Waals surface area contributed by atoms with Gasteiger partial charge in [-0.2, -0.15) is 0 Å². The Balaban J connectivity index is 2.00. The highest BCUT2D eigenvalue weighted by Gasteiger charge is 2.16. The Morgan fingerprint density at radius 3 is 2.86 bits per heavy atom. The van der Waals surface area contributed by atoms with Gasteiger partial charge < -0.3 is 11.1 Å². The van der Waals surface area contributed by atoms with Gasteiger partial charge in [-0.3, -0.25) is 4.79 Å². The van der Waals surface area contributed by atoms with Crippen molar-refractivity contribution in [3.63, 3.8) is 0 Å². The highest BCUT2D eigenvalue weighted by atomic mass is 32.2. The van der Waals surface area contributed by atoms with E-state index in [1.807, 2.05) is 6.92 Å². The Labute approximate surface area is 126 Å². The first-order valence-electron chi connectivity index (χ1n) is 6.28. The van der Waals surface area contributed by atoms with E-state index in [-0.39, 0.29) is 11.6 Å². The second-order valence-corrected chi connectivity index (χ2v) is 5.77. The largest absolute Gasteiger partial charge is 0.396 e. The van der Waals surface area contributed by atoms with Crippen LogP contribution in [-0.2, 0) is 4.79 Å². The number of hydrogen-bond acceptors (Lipinski definition) is 5. The first-order chi connectivity index (χ1) is 9.95. The van der Waals surface area contributed by atoms with Crippen molar-refractivity contribution < 1.29 is 9.18 Å². The Morgan fingerprint density at radius 1 is 1.43 bits per heavy atom. The van der Waals surface area contributed by atoms with E-state index in [9.17, 15) is 9.18 Å². The second kappa shape index (κ2) is 6.53. The zero-order valence-electron chi connectivity index (χ0n) is 11.6. The van der Waals surface area contributed by atoms with Gasteiger partial charge in [-0.15, -0.1) is 0 Å². The fourth-order valence-corrected chi connectivity index (χ4v) is 2.36. The predicted octanol–water partition coefficient (Wildman–Crippen LogP) is 2.63. The number of thioether (sulfide) groups is 1. The minimum atomic E-state index is -0.511. The Morgan fingerprint density at radius 2 is 2.19 bits per heavy atom. The molecule has 1 atom stereocenters. The molecule has 1 unspecified atom stereocenters. The maximum Gasteiger partial charge on any atom is 0.237 e. The van der Waals surface area contributed by atoms with E-state index in [2.05, 4.69) is 15.3 Å². The van der Waals surface area contributed by atoms with E-state index in [1.54, 1.807) is 19.2 Å². The summed E-state index contributed by atoms with van der Waals surface area (Å²) in [5.41, 5.74) is 6.75. The number of nitrogens with one attached hydrogen (secondary N) is 1. The van der Waals surface area contributed by atoms with Crippen molar-refractivity contribution in [2.75, 3.05) is 11.1 Å². The van der Waals surface area contributed by atoms with Gasteiger partial charge in [-0.25, -0.2) is 14.4 Å². The molecule has 1 heterocycles. The first kappa shape index (κ1) is 15.2. The summed E-state index contributed by atoms with van der Waals surface area (Å²) in [6.45, 7) is 3.61. The molecule has 2 rings (SSSR count). The number of benzene rings is 1. The number of aromatic nitrogens is 2. The molecule has 21 heavy (non-hydrogen) atoms. The summed E-state index contributed by atoms with van der Waals surface area (Å²) < 4.78 is 13.1. The Bertz CT molecular complexity index is 665. The topological polar surface area (TPSA) is 80.9 Å². The number of nitrogens with zero attached hydrogens (tertiary/aromatic N) is 2. The van der Waals surface area contributed by atoms with Gasteiger partial charge in [-0.05, 0) is 38.1 Å². The number of aryl methyl sites for hydroxylation is 1. The van der Waals surface area contributed by atoms with E-state index in [4.69, 9.17) is 5.73 Å². The molecule has 7 heteroatoms. The van der Waals surface area contributed by atoms with Crippen LogP contribution in [0.15, 0.2) is 35.6 Å². The van der Waals surface area contributed by atoms with Gasteiger partial charge in [-0.1, -0.05) is 11.8 Å². The summed E-state index contributed by atoms with van der Waals surface area (Å²) in [6.07, 6.45) is 1.65. The molecule has 0 bridgehead atoms. The molecular weight excluding hydrogens is 291 g/mol. The minimum absolute atomic E-state index is 0.00452. The van der Waals surface area contributed by atoms with Crippen molar-refractivity contribution in [1.82, 2.24) is 9.97 Å². The summed E-state index contributed by atoms with van der Waals surface area (Å²) >= 11 is 1.25. The highest BCUT2D eigenvalue weighted by molar-refractivity contribution is 8.00. The molecule has 0 spiro atoms. The first-order valence-corrected chi connectivity index (χ1v) is 7.16. The molecule has 0 aliphatic carbocycles. The van der Waals surface area contributed by atoms with Crippen LogP contribution in [0.25, 0.3) is 0 Å². The Kier molecular flexibility index (Phi) is 4.74. The number of rotatable bonds is 4. The summed E-state index contributed by atoms with van der Waals surface area (Å²) in [6, 6.07) is 5.85. The van der Waals surface area contributed by atoms with E-state index >= 15 is 0 Å². The van der Waals surface area contributed by atoms with Crippen LogP contribution in [0.2, 0.25) is 0 Å². The number of carbonyl (C=O) groups excluding carboxylic acids is 1. The summed E-state index contributed by atoms with van der Waals surface area (Å²) in [4.78, 5) is 20.4. The van der Waals surface area contributed by atoms with E-state index in [1.165, 1.54) is 30.0 Å². The molecular formula is C14H15FN4OS. The minimum Gasteiger partial charge on any atom is -0.396 e. The smallest absolute Gasteiger partial charge is 0.237 e. The molecule has 0 aliphatic heterocycles. The normalized spacial score (nSPS) is 12.0. The average Bonchev–Trinajstić information content (AvgIpc) is 2.43. The second-order valence-electron chi connectivity index (χ2n) is 4.47. The number of amides is 1. The van der Waals surface area contributed by atoms with Crippen LogP contribution in [0.1, 0.15) is 12.6 Å². The van der Waals surface area contributed by atoms with Crippen LogP contribution in [0, 0.1) is 12.7 Å². The maximum absolute atomic E-state index is 13.1. The number of hydrogen-bond donors (Lipinski definition) is 2. The molecule has 3 N–H and O–H groups in total.